The number of benzene rings is 1. The average molecular weight is 200 g/mol. The van der Waals surface area contributed by atoms with Crippen molar-refractivity contribution in [2.24, 2.45) is 0 Å². The molecule has 52 valence electrons. The van der Waals surface area contributed by atoms with Gasteiger partial charge >= 0.3 is 0 Å². The van der Waals surface area contributed by atoms with E-state index in [0.29, 0.717) is 10.0 Å². The van der Waals surface area contributed by atoms with Gasteiger partial charge in [-0.15, -0.1) is 0 Å². The fourth-order valence-corrected chi connectivity index (χ4v) is 1.03. The summed E-state index contributed by atoms with van der Waals surface area (Å²) in [5, 5.41) is 16.1. The van der Waals surface area contributed by atoms with Gasteiger partial charge in [0.25, 0.3) is 0 Å². The van der Waals surface area contributed by atoms with Crippen LogP contribution in [-0.4, -0.2) is 11.3 Å². The summed E-state index contributed by atoms with van der Waals surface area (Å²) in [7, 11) is 0. The van der Waals surface area contributed by atoms with Gasteiger partial charge in [-0.3, -0.25) is 0 Å². The quantitative estimate of drug-likeness (QED) is 0.670. The van der Waals surface area contributed by atoms with E-state index in [1.807, 2.05) is 0 Å². The van der Waals surface area contributed by atoms with E-state index in [4.69, 9.17) is 5.41 Å². The highest BCUT2D eigenvalue weighted by Crippen LogP contribution is 2.25. The van der Waals surface area contributed by atoms with Gasteiger partial charge in [-0.05, 0) is 28.1 Å². The highest BCUT2D eigenvalue weighted by molar-refractivity contribution is 9.10. The Morgan fingerprint density at radius 2 is 2.20 bits per heavy atom. The van der Waals surface area contributed by atoms with E-state index in [2.05, 4.69) is 15.9 Å². The molecule has 3 heteroatoms. The van der Waals surface area contributed by atoms with Crippen molar-refractivity contribution < 1.29 is 5.11 Å². The number of aromatic hydroxyl groups is 1. The van der Waals surface area contributed by atoms with Crippen molar-refractivity contribution in [3.63, 3.8) is 0 Å². The third-order valence-corrected chi connectivity index (χ3v) is 1.81. The van der Waals surface area contributed by atoms with Crippen molar-refractivity contribution in [3.05, 3.63) is 28.2 Å². The highest BCUT2D eigenvalue weighted by atomic mass is 79.9. The minimum absolute atomic E-state index is 0.123. The SMILES string of the molecule is N=Cc1cccc(Br)c1O. The zero-order valence-corrected chi connectivity index (χ0v) is 6.72. The van der Waals surface area contributed by atoms with Crippen LogP contribution in [0.5, 0.6) is 5.75 Å². The maximum absolute atomic E-state index is 9.20. The third kappa shape index (κ3) is 1.19. The molecule has 0 aliphatic heterocycles. The van der Waals surface area contributed by atoms with E-state index in [1.165, 1.54) is 0 Å². The molecule has 2 nitrogen and oxygen atoms in total. The molecule has 0 spiro atoms. The Kier molecular flexibility index (Phi) is 2.06. The lowest BCUT2D eigenvalue weighted by Gasteiger charge is -1.98. The lowest BCUT2D eigenvalue weighted by molar-refractivity contribution is 0.471. The molecule has 0 unspecified atom stereocenters. The molecule has 0 aromatic heterocycles. The molecule has 2 N–H and O–H groups in total. The molecule has 10 heavy (non-hydrogen) atoms. The van der Waals surface area contributed by atoms with Gasteiger partial charge in [0.05, 0.1) is 4.47 Å². The summed E-state index contributed by atoms with van der Waals surface area (Å²) in [6.07, 6.45) is 1.11. The van der Waals surface area contributed by atoms with Gasteiger partial charge in [-0.1, -0.05) is 6.07 Å². The third-order valence-electron chi connectivity index (χ3n) is 1.17. The van der Waals surface area contributed by atoms with Gasteiger partial charge in [0, 0.05) is 11.8 Å². The maximum atomic E-state index is 9.20. The fraction of sp³-hybridized carbons (Fsp3) is 0. The predicted molar refractivity (Wildman–Crippen MR) is 43.7 cm³/mol. The summed E-state index contributed by atoms with van der Waals surface area (Å²) in [4.78, 5) is 0. The van der Waals surface area contributed by atoms with Crippen LogP contribution in [0.4, 0.5) is 0 Å². The van der Waals surface area contributed by atoms with E-state index >= 15 is 0 Å². The Morgan fingerprint density at radius 3 is 2.70 bits per heavy atom. The lowest BCUT2D eigenvalue weighted by atomic mass is 10.2. The second-order valence-corrected chi connectivity index (χ2v) is 2.68. The fourth-order valence-electron chi connectivity index (χ4n) is 0.648. The van der Waals surface area contributed by atoms with Crippen LogP contribution in [0.3, 0.4) is 0 Å². The van der Waals surface area contributed by atoms with Gasteiger partial charge in [-0.2, -0.15) is 0 Å². The molecule has 0 heterocycles. The van der Waals surface area contributed by atoms with Crippen molar-refractivity contribution in [2.45, 2.75) is 0 Å². The second kappa shape index (κ2) is 2.84. The normalized spacial score (nSPS) is 9.30. The molecule has 0 fully saturated rings. The van der Waals surface area contributed by atoms with E-state index in [1.54, 1.807) is 18.2 Å². The molecule has 0 amide bonds. The largest absolute Gasteiger partial charge is 0.506 e. The standard InChI is InChI=1S/C7H6BrNO/c8-6-3-1-2-5(4-9)7(6)10/h1-4,9-10H. The van der Waals surface area contributed by atoms with Gasteiger partial charge in [-0.25, -0.2) is 0 Å². The number of halogens is 1. The number of rotatable bonds is 1. The summed E-state index contributed by atoms with van der Waals surface area (Å²) < 4.78 is 0.619. The Labute approximate surface area is 67.1 Å². The van der Waals surface area contributed by atoms with E-state index in [9.17, 15) is 5.11 Å². The van der Waals surface area contributed by atoms with Gasteiger partial charge in [0.15, 0.2) is 0 Å². The van der Waals surface area contributed by atoms with Crippen molar-refractivity contribution >= 4 is 22.1 Å². The summed E-state index contributed by atoms with van der Waals surface area (Å²) in [5.74, 6) is 0.123. The predicted octanol–water partition coefficient (Wildman–Crippen LogP) is 2.15. The molecule has 0 aliphatic carbocycles. The molecule has 0 aliphatic rings. The zero-order chi connectivity index (χ0) is 7.56. The molecule has 0 bridgehead atoms. The molecule has 1 aromatic carbocycles. The van der Waals surface area contributed by atoms with Crippen molar-refractivity contribution in [1.82, 2.24) is 0 Å². The Morgan fingerprint density at radius 1 is 1.50 bits per heavy atom. The van der Waals surface area contributed by atoms with Gasteiger partial charge in [0.2, 0.25) is 0 Å². The van der Waals surface area contributed by atoms with Gasteiger partial charge < -0.3 is 10.5 Å². The van der Waals surface area contributed by atoms with Crippen LogP contribution < -0.4 is 0 Å². The van der Waals surface area contributed by atoms with E-state index < -0.39 is 0 Å². The number of phenols is 1. The Balaban J connectivity index is 3.27. The number of phenolic OH excluding ortho intramolecular Hbond substituents is 1. The average Bonchev–Trinajstić information content (AvgIpc) is 1.95. The van der Waals surface area contributed by atoms with Crippen LogP contribution in [0.1, 0.15) is 5.56 Å². The van der Waals surface area contributed by atoms with E-state index in [-0.39, 0.29) is 5.75 Å². The summed E-state index contributed by atoms with van der Waals surface area (Å²) in [5.41, 5.74) is 0.523. The highest BCUT2D eigenvalue weighted by Gasteiger charge is 1.99. The van der Waals surface area contributed by atoms with Gasteiger partial charge in [0.1, 0.15) is 5.75 Å². The number of hydrogen-bond acceptors (Lipinski definition) is 2. The smallest absolute Gasteiger partial charge is 0.138 e. The molecule has 0 saturated heterocycles. The van der Waals surface area contributed by atoms with Crippen LogP contribution in [0, 0.1) is 5.41 Å². The van der Waals surface area contributed by atoms with Crippen molar-refractivity contribution in [1.29, 1.82) is 5.41 Å². The minimum Gasteiger partial charge on any atom is -0.506 e. The van der Waals surface area contributed by atoms with Crippen molar-refractivity contribution in [2.75, 3.05) is 0 Å². The molecular formula is C7H6BrNO. The number of para-hydroxylation sites is 1. The zero-order valence-electron chi connectivity index (χ0n) is 5.13. The van der Waals surface area contributed by atoms with Crippen LogP contribution >= 0.6 is 15.9 Å². The molecule has 1 rings (SSSR count). The minimum atomic E-state index is 0.123. The monoisotopic (exact) mass is 199 g/mol. The molecule has 1 aromatic rings. The van der Waals surface area contributed by atoms with Crippen LogP contribution in [-0.2, 0) is 0 Å². The van der Waals surface area contributed by atoms with Crippen LogP contribution in [0.2, 0.25) is 0 Å². The first-order valence-electron chi connectivity index (χ1n) is 2.73. The summed E-state index contributed by atoms with van der Waals surface area (Å²) in [6.45, 7) is 0. The first kappa shape index (κ1) is 7.28. The second-order valence-electron chi connectivity index (χ2n) is 1.82. The Hall–Kier alpha value is -0.830. The molecule has 0 saturated carbocycles. The van der Waals surface area contributed by atoms with Crippen molar-refractivity contribution in [3.8, 4) is 5.75 Å². The van der Waals surface area contributed by atoms with E-state index in [0.717, 1.165) is 6.21 Å². The first-order valence-corrected chi connectivity index (χ1v) is 3.53. The van der Waals surface area contributed by atoms with Crippen LogP contribution in [0.25, 0.3) is 0 Å². The summed E-state index contributed by atoms with van der Waals surface area (Å²) >= 11 is 3.13. The molecule has 0 radical (unpaired) electrons. The lowest BCUT2D eigenvalue weighted by Crippen LogP contribution is -1.80. The number of hydrogen-bond donors (Lipinski definition) is 2. The number of nitrogens with one attached hydrogen (secondary N) is 1. The topological polar surface area (TPSA) is 44.1 Å². The first-order chi connectivity index (χ1) is 4.75. The molecular weight excluding hydrogens is 194 g/mol. The molecule has 0 atom stereocenters. The Bertz CT molecular complexity index is 260. The maximum Gasteiger partial charge on any atom is 0.138 e. The van der Waals surface area contributed by atoms with Crippen LogP contribution in [0.15, 0.2) is 22.7 Å². The summed E-state index contributed by atoms with van der Waals surface area (Å²) in [6, 6.07) is 5.17.